The van der Waals surface area contributed by atoms with Crippen LogP contribution in [0.3, 0.4) is 0 Å². The van der Waals surface area contributed by atoms with Crippen LogP contribution in [0, 0.1) is 0 Å². The van der Waals surface area contributed by atoms with Crippen molar-refractivity contribution in [2.75, 3.05) is 23.8 Å². The summed E-state index contributed by atoms with van der Waals surface area (Å²) in [7, 11) is 0. The summed E-state index contributed by atoms with van der Waals surface area (Å²) in [6, 6.07) is 8.61. The fourth-order valence-electron chi connectivity index (χ4n) is 2.26. The molecule has 0 saturated carbocycles. The van der Waals surface area contributed by atoms with E-state index in [4.69, 9.17) is 10.5 Å². The number of amides is 1. The molecule has 6 nitrogen and oxygen atoms in total. The lowest BCUT2D eigenvalue weighted by atomic mass is 10.1. The molecule has 0 fully saturated rings. The van der Waals surface area contributed by atoms with Crippen molar-refractivity contribution in [3.05, 3.63) is 54.0 Å². The molecular weight excluding hydrogens is 282 g/mol. The van der Waals surface area contributed by atoms with Crippen molar-refractivity contribution in [1.82, 2.24) is 4.98 Å². The third-order valence-corrected chi connectivity index (χ3v) is 3.28. The number of hydrogen-bond donors (Lipinski definition) is 2. The van der Waals surface area contributed by atoms with Crippen LogP contribution in [0.2, 0.25) is 0 Å². The third kappa shape index (κ3) is 2.64. The summed E-state index contributed by atoms with van der Waals surface area (Å²) in [4.78, 5) is 18.0. The van der Waals surface area contributed by atoms with E-state index in [1.807, 2.05) is 0 Å². The minimum Gasteiger partial charge on any atom is -0.449 e. The molecule has 112 valence electrons. The zero-order chi connectivity index (χ0) is 15.5. The lowest BCUT2D eigenvalue weighted by Gasteiger charge is -2.30. The van der Waals surface area contributed by atoms with Gasteiger partial charge in [-0.05, 0) is 35.9 Å². The average molecular weight is 297 g/mol. The number of pyridine rings is 1. The van der Waals surface area contributed by atoms with Crippen LogP contribution in [-0.4, -0.2) is 29.1 Å². The number of nitrogens with zero attached hydrogens (tertiary/aromatic N) is 2. The van der Waals surface area contributed by atoms with Crippen LogP contribution in [-0.2, 0) is 4.79 Å². The first-order chi connectivity index (χ1) is 10.7. The van der Waals surface area contributed by atoms with E-state index < -0.39 is 0 Å². The SMILES string of the molecule is Nc1ccc2c(c1)O/C(=C/c1ccncc1)C(=O)N2CCO. The molecule has 2 aromatic rings. The number of aromatic nitrogens is 1. The van der Waals surface area contributed by atoms with Crippen LogP contribution in [0.5, 0.6) is 5.75 Å². The second-order valence-corrected chi connectivity index (χ2v) is 4.80. The van der Waals surface area contributed by atoms with Gasteiger partial charge >= 0.3 is 0 Å². The number of benzene rings is 1. The molecule has 0 atom stereocenters. The first-order valence-electron chi connectivity index (χ1n) is 6.81. The van der Waals surface area contributed by atoms with E-state index in [1.54, 1.807) is 48.8 Å². The van der Waals surface area contributed by atoms with Crippen LogP contribution in [0.4, 0.5) is 11.4 Å². The van der Waals surface area contributed by atoms with E-state index in [-0.39, 0.29) is 24.8 Å². The van der Waals surface area contributed by atoms with Crippen molar-refractivity contribution >= 4 is 23.4 Å². The van der Waals surface area contributed by atoms with Gasteiger partial charge in [0, 0.05) is 30.7 Å². The van der Waals surface area contributed by atoms with Crippen LogP contribution in [0.25, 0.3) is 6.08 Å². The van der Waals surface area contributed by atoms with Crippen LogP contribution in [0.1, 0.15) is 5.56 Å². The monoisotopic (exact) mass is 297 g/mol. The van der Waals surface area contributed by atoms with Gasteiger partial charge in [-0.1, -0.05) is 0 Å². The highest BCUT2D eigenvalue weighted by Gasteiger charge is 2.30. The molecule has 3 rings (SSSR count). The number of nitrogen functional groups attached to an aromatic ring is 1. The Morgan fingerprint density at radius 1 is 1.27 bits per heavy atom. The molecule has 1 aliphatic heterocycles. The fourth-order valence-corrected chi connectivity index (χ4v) is 2.26. The molecule has 6 heteroatoms. The minimum absolute atomic E-state index is 0.141. The number of β-amino-alcohol motifs (C(OH)–C–C–N with tert-alkyl or cyclic N) is 1. The van der Waals surface area contributed by atoms with Gasteiger partial charge in [-0.3, -0.25) is 14.7 Å². The lowest BCUT2D eigenvalue weighted by Crippen LogP contribution is -2.39. The average Bonchev–Trinajstić information content (AvgIpc) is 2.52. The van der Waals surface area contributed by atoms with E-state index in [2.05, 4.69) is 4.98 Å². The number of carbonyl (C=O) groups is 1. The van der Waals surface area contributed by atoms with Gasteiger partial charge < -0.3 is 15.6 Å². The van der Waals surface area contributed by atoms with Crippen molar-refractivity contribution in [2.24, 2.45) is 0 Å². The van der Waals surface area contributed by atoms with Crippen LogP contribution < -0.4 is 15.4 Å². The smallest absolute Gasteiger partial charge is 0.294 e. The summed E-state index contributed by atoms with van der Waals surface area (Å²) < 4.78 is 5.69. The minimum atomic E-state index is -0.303. The molecule has 0 unspecified atom stereocenters. The molecule has 22 heavy (non-hydrogen) atoms. The lowest BCUT2D eigenvalue weighted by molar-refractivity contribution is -0.117. The molecule has 0 spiro atoms. The molecule has 0 aliphatic carbocycles. The van der Waals surface area contributed by atoms with E-state index in [0.29, 0.717) is 17.1 Å². The molecule has 1 amide bonds. The van der Waals surface area contributed by atoms with Gasteiger partial charge in [0.25, 0.3) is 5.91 Å². The molecule has 1 aromatic carbocycles. The first kappa shape index (κ1) is 14.1. The van der Waals surface area contributed by atoms with Crippen molar-refractivity contribution < 1.29 is 14.6 Å². The summed E-state index contributed by atoms with van der Waals surface area (Å²) >= 11 is 0. The van der Waals surface area contributed by atoms with Gasteiger partial charge in [0.1, 0.15) is 0 Å². The maximum Gasteiger partial charge on any atom is 0.294 e. The first-order valence-corrected chi connectivity index (χ1v) is 6.81. The van der Waals surface area contributed by atoms with Gasteiger partial charge in [0.15, 0.2) is 11.5 Å². The molecule has 2 heterocycles. The van der Waals surface area contributed by atoms with E-state index >= 15 is 0 Å². The predicted molar refractivity (Wildman–Crippen MR) is 83.1 cm³/mol. The molecule has 3 N–H and O–H groups in total. The van der Waals surface area contributed by atoms with Crippen LogP contribution in [0.15, 0.2) is 48.5 Å². The Morgan fingerprint density at radius 3 is 2.77 bits per heavy atom. The molecule has 0 saturated heterocycles. The molecule has 0 radical (unpaired) electrons. The van der Waals surface area contributed by atoms with E-state index in [0.717, 1.165) is 5.56 Å². The highest BCUT2D eigenvalue weighted by molar-refractivity contribution is 6.10. The molecule has 0 bridgehead atoms. The topological polar surface area (TPSA) is 88.7 Å². The van der Waals surface area contributed by atoms with Gasteiger partial charge in [-0.2, -0.15) is 0 Å². The zero-order valence-corrected chi connectivity index (χ0v) is 11.8. The Labute approximate surface area is 127 Å². The summed E-state index contributed by atoms with van der Waals surface area (Å²) in [6.45, 7) is 0.0465. The van der Waals surface area contributed by atoms with E-state index in [9.17, 15) is 9.90 Å². The second-order valence-electron chi connectivity index (χ2n) is 4.80. The van der Waals surface area contributed by atoms with Crippen molar-refractivity contribution in [3.8, 4) is 5.75 Å². The molecule has 1 aliphatic rings. The Morgan fingerprint density at radius 2 is 2.05 bits per heavy atom. The highest BCUT2D eigenvalue weighted by atomic mass is 16.5. The molecule has 1 aromatic heterocycles. The maximum absolute atomic E-state index is 12.5. The number of nitrogens with two attached hydrogens (primary N) is 1. The number of fused-ring (bicyclic) bond motifs is 1. The fraction of sp³-hybridized carbons (Fsp3) is 0.125. The van der Waals surface area contributed by atoms with E-state index in [1.165, 1.54) is 4.90 Å². The number of hydrogen-bond acceptors (Lipinski definition) is 5. The Kier molecular flexibility index (Phi) is 3.76. The van der Waals surface area contributed by atoms with Gasteiger partial charge in [-0.15, -0.1) is 0 Å². The third-order valence-electron chi connectivity index (χ3n) is 3.28. The van der Waals surface area contributed by atoms with Crippen LogP contribution >= 0.6 is 0 Å². The van der Waals surface area contributed by atoms with Gasteiger partial charge in [0.2, 0.25) is 0 Å². The number of rotatable bonds is 3. The highest BCUT2D eigenvalue weighted by Crippen LogP contribution is 2.37. The Bertz CT molecular complexity index is 729. The number of ether oxygens (including phenoxy) is 1. The maximum atomic E-state index is 12.5. The number of aliphatic hydroxyl groups is 1. The summed E-state index contributed by atoms with van der Waals surface area (Å²) in [6.07, 6.45) is 4.91. The van der Waals surface area contributed by atoms with Crippen molar-refractivity contribution in [2.45, 2.75) is 0 Å². The summed E-state index contributed by atoms with van der Waals surface area (Å²) in [5, 5.41) is 9.21. The quantitative estimate of drug-likeness (QED) is 0.661. The second kappa shape index (κ2) is 5.87. The molecular formula is C16H15N3O3. The number of aliphatic hydroxyl groups excluding tert-OH is 1. The van der Waals surface area contributed by atoms with Gasteiger partial charge in [0.05, 0.1) is 12.3 Å². The van der Waals surface area contributed by atoms with Crippen molar-refractivity contribution in [1.29, 1.82) is 0 Å². The Hall–Kier alpha value is -2.86. The Balaban J connectivity index is 2.04. The largest absolute Gasteiger partial charge is 0.449 e. The van der Waals surface area contributed by atoms with Crippen molar-refractivity contribution in [3.63, 3.8) is 0 Å². The summed E-state index contributed by atoms with van der Waals surface area (Å²) in [5.74, 6) is 0.370. The summed E-state index contributed by atoms with van der Waals surface area (Å²) in [5.41, 5.74) is 7.71. The zero-order valence-electron chi connectivity index (χ0n) is 11.8. The standard InChI is InChI=1S/C16H15N3O3/c17-12-1-2-13-14(10-12)22-15(16(21)19(13)7-8-20)9-11-3-5-18-6-4-11/h1-6,9-10,20H,7-8,17H2/b15-9+. The van der Waals surface area contributed by atoms with Gasteiger partial charge in [-0.25, -0.2) is 0 Å². The number of carbonyl (C=O) groups excluding carboxylic acids is 1. The normalized spacial score (nSPS) is 15.6. The number of anilines is 2. The predicted octanol–water partition coefficient (Wildman–Crippen LogP) is 1.42.